The van der Waals surface area contributed by atoms with Gasteiger partial charge in [0.15, 0.2) is 5.65 Å². The standard InChI is InChI=1S/C20H26N6O/c1-13(2)26-19-17(12-23-26)16(11-18(24-19)15-5-6-15)20(27)22-7-4-9-25-10-8-21-14(25)3/h8,10-13,15H,4-7,9H2,1-3H3,(H,22,27). The van der Waals surface area contributed by atoms with E-state index in [9.17, 15) is 4.79 Å². The van der Waals surface area contributed by atoms with Gasteiger partial charge in [-0.05, 0) is 46.1 Å². The fourth-order valence-electron chi connectivity index (χ4n) is 3.38. The fourth-order valence-corrected chi connectivity index (χ4v) is 3.38. The molecular weight excluding hydrogens is 340 g/mol. The molecule has 4 rings (SSSR count). The first-order valence-electron chi connectivity index (χ1n) is 9.68. The number of carbonyl (C=O) groups excluding carboxylic acids is 1. The molecular formula is C20H26N6O. The Hall–Kier alpha value is -2.70. The van der Waals surface area contributed by atoms with Crippen LogP contribution in [0.25, 0.3) is 11.0 Å². The Kier molecular flexibility index (Phi) is 4.68. The molecule has 1 saturated carbocycles. The van der Waals surface area contributed by atoms with E-state index in [2.05, 4.69) is 33.8 Å². The molecule has 3 aromatic heterocycles. The Morgan fingerprint density at radius 2 is 2.19 bits per heavy atom. The van der Waals surface area contributed by atoms with Gasteiger partial charge >= 0.3 is 0 Å². The molecule has 0 aliphatic heterocycles. The highest BCUT2D eigenvalue weighted by Crippen LogP contribution is 2.40. The third kappa shape index (κ3) is 3.59. The number of rotatable bonds is 7. The molecule has 7 heteroatoms. The molecule has 0 unspecified atom stereocenters. The van der Waals surface area contributed by atoms with Crippen molar-refractivity contribution in [1.82, 2.24) is 29.6 Å². The van der Waals surface area contributed by atoms with Gasteiger partial charge in [0, 0.05) is 43.1 Å². The van der Waals surface area contributed by atoms with Crippen molar-refractivity contribution in [3.8, 4) is 0 Å². The van der Waals surface area contributed by atoms with E-state index in [1.54, 1.807) is 12.4 Å². The van der Waals surface area contributed by atoms with Crippen molar-refractivity contribution in [2.45, 2.75) is 58.5 Å². The molecule has 0 aromatic carbocycles. The Labute approximate surface area is 158 Å². The number of carbonyl (C=O) groups is 1. The first-order chi connectivity index (χ1) is 13.0. The maximum Gasteiger partial charge on any atom is 0.252 e. The summed E-state index contributed by atoms with van der Waals surface area (Å²) >= 11 is 0. The van der Waals surface area contributed by atoms with Gasteiger partial charge in [0.25, 0.3) is 5.91 Å². The number of aromatic nitrogens is 5. The monoisotopic (exact) mass is 366 g/mol. The lowest BCUT2D eigenvalue weighted by Gasteiger charge is -2.11. The van der Waals surface area contributed by atoms with Crippen molar-refractivity contribution in [2.24, 2.45) is 0 Å². The summed E-state index contributed by atoms with van der Waals surface area (Å²) in [5.41, 5.74) is 2.52. The van der Waals surface area contributed by atoms with Crippen molar-refractivity contribution in [1.29, 1.82) is 0 Å². The maximum absolute atomic E-state index is 12.9. The van der Waals surface area contributed by atoms with Crippen molar-refractivity contribution < 1.29 is 4.79 Å². The van der Waals surface area contributed by atoms with Crippen LogP contribution in [0.5, 0.6) is 0 Å². The van der Waals surface area contributed by atoms with Gasteiger partial charge in [0.2, 0.25) is 0 Å². The Bertz CT molecular complexity index is 966. The zero-order valence-electron chi connectivity index (χ0n) is 16.1. The number of hydrogen-bond donors (Lipinski definition) is 1. The molecule has 1 aliphatic rings. The summed E-state index contributed by atoms with van der Waals surface area (Å²) in [6.45, 7) is 7.61. The van der Waals surface area contributed by atoms with Crippen LogP contribution >= 0.6 is 0 Å². The summed E-state index contributed by atoms with van der Waals surface area (Å²) < 4.78 is 3.99. The van der Waals surface area contributed by atoms with E-state index in [0.29, 0.717) is 18.0 Å². The van der Waals surface area contributed by atoms with Crippen LogP contribution in [0.1, 0.15) is 66.9 Å². The topological polar surface area (TPSA) is 77.6 Å². The van der Waals surface area contributed by atoms with Gasteiger partial charge in [-0.1, -0.05) is 0 Å². The van der Waals surface area contributed by atoms with Crippen LogP contribution in [0, 0.1) is 6.92 Å². The van der Waals surface area contributed by atoms with E-state index >= 15 is 0 Å². The summed E-state index contributed by atoms with van der Waals surface area (Å²) in [4.78, 5) is 21.9. The maximum atomic E-state index is 12.9. The molecule has 3 heterocycles. The van der Waals surface area contributed by atoms with Crippen LogP contribution in [0.4, 0.5) is 0 Å². The van der Waals surface area contributed by atoms with Crippen LogP contribution in [0.3, 0.4) is 0 Å². The highest BCUT2D eigenvalue weighted by molar-refractivity contribution is 6.05. The van der Waals surface area contributed by atoms with Crippen molar-refractivity contribution in [2.75, 3.05) is 6.54 Å². The van der Waals surface area contributed by atoms with Gasteiger partial charge < -0.3 is 9.88 Å². The lowest BCUT2D eigenvalue weighted by Crippen LogP contribution is -2.25. The Balaban J connectivity index is 1.51. The molecule has 1 N–H and O–H groups in total. The van der Waals surface area contributed by atoms with Crippen molar-refractivity contribution in [3.63, 3.8) is 0 Å². The third-order valence-corrected chi connectivity index (χ3v) is 5.10. The Morgan fingerprint density at radius 1 is 1.37 bits per heavy atom. The molecule has 0 atom stereocenters. The van der Waals surface area contributed by atoms with Gasteiger partial charge in [0.05, 0.1) is 17.1 Å². The highest BCUT2D eigenvalue weighted by Gasteiger charge is 2.28. The zero-order chi connectivity index (χ0) is 19.0. The number of nitrogens with zero attached hydrogens (tertiary/aromatic N) is 5. The van der Waals surface area contributed by atoms with Crippen molar-refractivity contribution in [3.05, 3.63) is 41.7 Å². The number of pyridine rings is 1. The number of nitrogens with one attached hydrogen (secondary N) is 1. The minimum absolute atomic E-state index is 0.0463. The molecule has 142 valence electrons. The molecule has 0 bridgehead atoms. The van der Waals surface area contributed by atoms with Gasteiger partial charge in [-0.2, -0.15) is 5.10 Å². The second-order valence-corrected chi connectivity index (χ2v) is 7.57. The molecule has 1 amide bonds. The average molecular weight is 366 g/mol. The third-order valence-electron chi connectivity index (χ3n) is 5.10. The van der Waals surface area contributed by atoms with E-state index in [1.807, 2.05) is 23.9 Å². The minimum atomic E-state index is -0.0463. The summed E-state index contributed by atoms with van der Waals surface area (Å²) in [6.07, 6.45) is 8.69. The van der Waals surface area contributed by atoms with Crippen LogP contribution < -0.4 is 5.32 Å². The second-order valence-electron chi connectivity index (χ2n) is 7.57. The molecule has 27 heavy (non-hydrogen) atoms. The van der Waals surface area contributed by atoms with Crippen LogP contribution in [-0.2, 0) is 6.54 Å². The van der Waals surface area contributed by atoms with Crippen LogP contribution in [0.2, 0.25) is 0 Å². The normalized spacial score (nSPS) is 14.2. The molecule has 0 radical (unpaired) electrons. The number of imidazole rings is 1. The molecule has 3 aromatic rings. The number of fused-ring (bicyclic) bond motifs is 1. The largest absolute Gasteiger partial charge is 0.352 e. The summed E-state index contributed by atoms with van der Waals surface area (Å²) in [5.74, 6) is 1.43. The SMILES string of the molecule is Cc1nccn1CCCNC(=O)c1cc(C2CC2)nc2c1cnn2C(C)C. The molecule has 0 saturated heterocycles. The second kappa shape index (κ2) is 7.13. The van der Waals surface area contributed by atoms with E-state index in [0.717, 1.165) is 48.4 Å². The van der Waals surface area contributed by atoms with E-state index in [1.165, 1.54) is 0 Å². The number of hydrogen-bond acceptors (Lipinski definition) is 4. The zero-order valence-corrected chi connectivity index (χ0v) is 16.1. The van der Waals surface area contributed by atoms with E-state index in [4.69, 9.17) is 4.98 Å². The fraction of sp³-hybridized carbons (Fsp3) is 0.500. The van der Waals surface area contributed by atoms with Crippen LogP contribution in [-0.4, -0.2) is 36.8 Å². The average Bonchev–Trinajstić information content (AvgIpc) is 3.28. The first-order valence-corrected chi connectivity index (χ1v) is 9.68. The smallest absolute Gasteiger partial charge is 0.252 e. The quantitative estimate of drug-likeness (QED) is 0.651. The number of aryl methyl sites for hydroxylation is 2. The van der Waals surface area contributed by atoms with Gasteiger partial charge in [-0.25, -0.2) is 14.6 Å². The first kappa shape index (κ1) is 17.7. The highest BCUT2D eigenvalue weighted by atomic mass is 16.1. The van der Waals surface area contributed by atoms with Crippen molar-refractivity contribution >= 4 is 16.9 Å². The Morgan fingerprint density at radius 3 is 2.85 bits per heavy atom. The minimum Gasteiger partial charge on any atom is -0.352 e. The van der Waals surface area contributed by atoms with Crippen LogP contribution in [0.15, 0.2) is 24.7 Å². The van der Waals surface area contributed by atoms with Gasteiger partial charge in [0.1, 0.15) is 5.82 Å². The summed E-state index contributed by atoms with van der Waals surface area (Å²) in [5, 5.41) is 8.35. The number of amides is 1. The van der Waals surface area contributed by atoms with Gasteiger partial charge in [-0.15, -0.1) is 0 Å². The predicted molar refractivity (Wildman–Crippen MR) is 104 cm³/mol. The molecule has 1 fully saturated rings. The molecule has 0 spiro atoms. The summed E-state index contributed by atoms with van der Waals surface area (Å²) in [6, 6.07) is 2.17. The van der Waals surface area contributed by atoms with E-state index < -0.39 is 0 Å². The molecule has 1 aliphatic carbocycles. The lowest BCUT2D eigenvalue weighted by molar-refractivity contribution is 0.0954. The lowest BCUT2D eigenvalue weighted by atomic mass is 10.1. The van der Waals surface area contributed by atoms with E-state index in [-0.39, 0.29) is 11.9 Å². The molecule has 7 nitrogen and oxygen atoms in total. The predicted octanol–water partition coefficient (Wildman–Crippen LogP) is 3.21. The van der Waals surface area contributed by atoms with Gasteiger partial charge in [-0.3, -0.25) is 4.79 Å². The summed E-state index contributed by atoms with van der Waals surface area (Å²) in [7, 11) is 0.